The highest BCUT2D eigenvalue weighted by Crippen LogP contribution is 2.48. The molecule has 3 heterocycles. The third-order valence-electron chi connectivity index (χ3n) is 7.08. The summed E-state index contributed by atoms with van der Waals surface area (Å²) in [6, 6.07) is 15.7. The summed E-state index contributed by atoms with van der Waals surface area (Å²) in [6.45, 7) is 4.68. The maximum Gasteiger partial charge on any atom is 0.411 e. The van der Waals surface area contributed by atoms with Gasteiger partial charge in [0.15, 0.2) is 11.9 Å². The van der Waals surface area contributed by atoms with Gasteiger partial charge < -0.3 is 15.0 Å². The van der Waals surface area contributed by atoms with Gasteiger partial charge in [0.1, 0.15) is 0 Å². The van der Waals surface area contributed by atoms with Gasteiger partial charge in [0.25, 0.3) is 0 Å². The fourth-order valence-electron chi connectivity index (χ4n) is 4.95. The third kappa shape index (κ3) is 4.58. The van der Waals surface area contributed by atoms with Crippen LogP contribution in [0.4, 0.5) is 10.6 Å². The number of aromatic nitrogens is 3. The summed E-state index contributed by atoms with van der Waals surface area (Å²) in [6.07, 6.45) is 1.57. The first-order valence-electron chi connectivity index (χ1n) is 12.2. The number of rotatable bonds is 7. The maximum absolute atomic E-state index is 13.4. The first-order chi connectivity index (χ1) is 17.3. The van der Waals surface area contributed by atoms with E-state index >= 15 is 0 Å². The quantitative estimate of drug-likeness (QED) is 0.520. The molecular weight excluding hydrogens is 456 g/mol. The molecule has 2 aliphatic rings. The number of hydrogen-bond acceptors (Lipinski definition) is 6. The van der Waals surface area contributed by atoms with Crippen molar-refractivity contribution in [2.75, 3.05) is 26.0 Å². The van der Waals surface area contributed by atoms with Crippen molar-refractivity contribution in [2.45, 2.75) is 44.4 Å². The molecule has 2 amide bonds. The normalized spacial score (nSPS) is 20.6. The molecule has 0 bridgehead atoms. The summed E-state index contributed by atoms with van der Waals surface area (Å²) in [4.78, 5) is 34.4. The summed E-state index contributed by atoms with van der Waals surface area (Å²) in [5.41, 5.74) is 2.81. The van der Waals surface area contributed by atoms with Crippen molar-refractivity contribution in [1.29, 1.82) is 0 Å². The summed E-state index contributed by atoms with van der Waals surface area (Å²) >= 11 is 0. The van der Waals surface area contributed by atoms with Gasteiger partial charge in [0.2, 0.25) is 5.91 Å². The van der Waals surface area contributed by atoms with E-state index in [-0.39, 0.29) is 24.3 Å². The molecule has 2 unspecified atom stereocenters. The lowest BCUT2D eigenvalue weighted by Gasteiger charge is -2.32. The predicted molar refractivity (Wildman–Crippen MR) is 135 cm³/mol. The van der Waals surface area contributed by atoms with Crippen molar-refractivity contribution in [1.82, 2.24) is 25.0 Å². The van der Waals surface area contributed by atoms with E-state index in [1.807, 2.05) is 69.2 Å². The Kier molecular flexibility index (Phi) is 6.26. The van der Waals surface area contributed by atoms with E-state index < -0.39 is 17.7 Å². The van der Waals surface area contributed by atoms with E-state index in [2.05, 4.69) is 32.6 Å². The molecule has 2 N–H and O–H groups in total. The number of amides is 2. The second-order valence-corrected chi connectivity index (χ2v) is 10.3. The molecular formula is C27H32N6O3. The van der Waals surface area contributed by atoms with Gasteiger partial charge in [-0.3, -0.25) is 19.8 Å². The average molecular weight is 489 g/mol. The number of likely N-dealkylation sites (N-methyl/N-ethyl adjacent to an activating group) is 1. The number of carbonyl (C=O) groups excluding carboxylic acids is 2. The standard InChI is InChI=1S/C27H32N6O3/c1-27(2)23-20(15-33(27)26(35)36-22(16-32(3)4)21-12-8-9-13-28-21)24(31-30-23)29-25(34)19-14-18(19)17-10-6-5-7-11-17/h5-13,18-19,22H,14-16H2,1-4H3,(H2,29,30,31,34)/t18?,19?,22-/m1/s1. The van der Waals surface area contributed by atoms with Gasteiger partial charge in [-0.25, -0.2) is 4.79 Å². The fourth-order valence-corrected chi connectivity index (χ4v) is 4.95. The van der Waals surface area contributed by atoms with Crippen molar-refractivity contribution in [2.24, 2.45) is 5.92 Å². The minimum absolute atomic E-state index is 0.0433. The number of anilines is 1. The molecule has 1 saturated carbocycles. The zero-order chi connectivity index (χ0) is 25.4. The van der Waals surface area contributed by atoms with Gasteiger partial charge in [-0.2, -0.15) is 5.10 Å². The molecule has 5 rings (SSSR count). The van der Waals surface area contributed by atoms with E-state index in [1.54, 1.807) is 11.1 Å². The Morgan fingerprint density at radius 3 is 2.64 bits per heavy atom. The molecule has 2 aromatic heterocycles. The summed E-state index contributed by atoms with van der Waals surface area (Å²) in [5.74, 6) is 0.603. The molecule has 0 saturated heterocycles. The van der Waals surface area contributed by atoms with Gasteiger partial charge in [0.05, 0.1) is 23.5 Å². The van der Waals surface area contributed by atoms with Gasteiger partial charge in [0, 0.05) is 24.2 Å². The number of hydrogen-bond donors (Lipinski definition) is 2. The number of nitrogens with zero attached hydrogens (tertiary/aromatic N) is 4. The van der Waals surface area contributed by atoms with Crippen LogP contribution in [0.5, 0.6) is 0 Å². The Morgan fingerprint density at radius 1 is 1.19 bits per heavy atom. The minimum Gasteiger partial charge on any atom is -0.438 e. The topological polar surface area (TPSA) is 103 Å². The van der Waals surface area contributed by atoms with Crippen LogP contribution in [-0.4, -0.2) is 57.6 Å². The number of nitrogens with one attached hydrogen (secondary N) is 2. The second-order valence-electron chi connectivity index (χ2n) is 10.3. The van der Waals surface area contributed by atoms with E-state index in [0.29, 0.717) is 18.1 Å². The zero-order valence-electron chi connectivity index (χ0n) is 21.1. The van der Waals surface area contributed by atoms with Crippen LogP contribution in [-0.2, 0) is 21.6 Å². The first-order valence-corrected chi connectivity index (χ1v) is 12.2. The summed E-state index contributed by atoms with van der Waals surface area (Å²) in [7, 11) is 3.86. The number of pyridine rings is 1. The SMILES string of the molecule is CN(C)C[C@@H](OC(=O)N1Cc2c(NC(=O)C3CC3c3ccccc3)n[nH]c2C1(C)C)c1ccccn1. The molecule has 9 nitrogen and oxygen atoms in total. The van der Waals surface area contributed by atoms with Crippen LogP contribution in [0.1, 0.15) is 54.8 Å². The minimum atomic E-state index is -0.679. The highest BCUT2D eigenvalue weighted by molar-refractivity contribution is 5.95. The number of aromatic amines is 1. The van der Waals surface area contributed by atoms with Gasteiger partial charge in [-0.15, -0.1) is 0 Å². The molecule has 0 spiro atoms. The third-order valence-corrected chi connectivity index (χ3v) is 7.08. The monoisotopic (exact) mass is 488 g/mol. The number of ether oxygens (including phenoxy) is 1. The van der Waals surface area contributed by atoms with Crippen LogP contribution in [0.15, 0.2) is 54.7 Å². The number of carbonyl (C=O) groups is 2. The van der Waals surface area contributed by atoms with Gasteiger partial charge >= 0.3 is 6.09 Å². The van der Waals surface area contributed by atoms with E-state index in [0.717, 1.165) is 17.7 Å². The van der Waals surface area contributed by atoms with Crippen molar-refractivity contribution >= 4 is 17.8 Å². The van der Waals surface area contributed by atoms with Crippen LogP contribution in [0, 0.1) is 5.92 Å². The van der Waals surface area contributed by atoms with Crippen LogP contribution in [0.3, 0.4) is 0 Å². The highest BCUT2D eigenvalue weighted by atomic mass is 16.6. The Balaban J connectivity index is 1.28. The average Bonchev–Trinajstić information content (AvgIpc) is 3.49. The highest BCUT2D eigenvalue weighted by Gasteiger charge is 2.47. The number of H-pyrrole nitrogens is 1. The smallest absolute Gasteiger partial charge is 0.411 e. The molecule has 188 valence electrons. The lowest BCUT2D eigenvalue weighted by Crippen LogP contribution is -2.42. The van der Waals surface area contributed by atoms with E-state index in [4.69, 9.17) is 4.74 Å². The van der Waals surface area contributed by atoms with Crippen LogP contribution < -0.4 is 5.32 Å². The number of fused-ring (bicyclic) bond motifs is 1. The van der Waals surface area contributed by atoms with Crippen molar-refractivity contribution in [3.8, 4) is 0 Å². The van der Waals surface area contributed by atoms with Crippen LogP contribution >= 0.6 is 0 Å². The summed E-state index contributed by atoms with van der Waals surface area (Å²) < 4.78 is 5.96. The van der Waals surface area contributed by atoms with Crippen molar-refractivity contribution in [3.05, 3.63) is 77.2 Å². The maximum atomic E-state index is 13.4. The molecule has 0 radical (unpaired) electrons. The lowest BCUT2D eigenvalue weighted by molar-refractivity contribution is -0.117. The lowest BCUT2D eigenvalue weighted by atomic mass is 10.0. The molecule has 9 heteroatoms. The van der Waals surface area contributed by atoms with Crippen LogP contribution in [0.2, 0.25) is 0 Å². The molecule has 3 aromatic rings. The van der Waals surface area contributed by atoms with E-state index in [9.17, 15) is 9.59 Å². The Morgan fingerprint density at radius 2 is 1.94 bits per heavy atom. The van der Waals surface area contributed by atoms with Gasteiger partial charge in [-0.1, -0.05) is 36.4 Å². The fraction of sp³-hybridized carbons (Fsp3) is 0.407. The molecule has 1 fully saturated rings. The van der Waals surface area contributed by atoms with Crippen molar-refractivity contribution < 1.29 is 14.3 Å². The van der Waals surface area contributed by atoms with E-state index in [1.165, 1.54) is 5.56 Å². The molecule has 36 heavy (non-hydrogen) atoms. The predicted octanol–water partition coefficient (Wildman–Crippen LogP) is 4.04. The Bertz CT molecular complexity index is 1240. The van der Waals surface area contributed by atoms with Crippen LogP contribution in [0.25, 0.3) is 0 Å². The zero-order valence-corrected chi connectivity index (χ0v) is 21.1. The second kappa shape index (κ2) is 9.39. The molecule has 1 aliphatic heterocycles. The molecule has 3 atom stereocenters. The number of benzene rings is 1. The van der Waals surface area contributed by atoms with Gasteiger partial charge in [-0.05, 0) is 58.0 Å². The Labute approximate surface area is 210 Å². The summed E-state index contributed by atoms with van der Waals surface area (Å²) in [5, 5.41) is 10.4. The molecule has 1 aliphatic carbocycles. The molecule has 1 aromatic carbocycles. The largest absolute Gasteiger partial charge is 0.438 e. The first kappa shape index (κ1) is 24.0. The Hall–Kier alpha value is -3.72. The van der Waals surface area contributed by atoms with Crippen molar-refractivity contribution in [3.63, 3.8) is 0 Å².